The van der Waals surface area contributed by atoms with Gasteiger partial charge >= 0.3 is 0 Å². The molecule has 0 amide bonds. The molecule has 2 aliphatic rings. The maximum atomic E-state index is 6.60. The Labute approximate surface area is 203 Å². The molecular weight excluding hydrogens is 422 g/mol. The maximum Gasteiger partial charge on any atom is 0.127 e. The van der Waals surface area contributed by atoms with Gasteiger partial charge in [-0.3, -0.25) is 4.90 Å². The van der Waals surface area contributed by atoms with Crippen molar-refractivity contribution in [3.05, 3.63) is 89.5 Å². The lowest BCUT2D eigenvalue weighted by Crippen LogP contribution is -2.43. The summed E-state index contributed by atoms with van der Waals surface area (Å²) in [5.41, 5.74) is 3.35. The molecule has 0 aliphatic carbocycles. The molecule has 0 saturated carbocycles. The average molecular weight is 458 g/mol. The van der Waals surface area contributed by atoms with Gasteiger partial charge in [0.25, 0.3) is 0 Å². The zero-order valence-corrected chi connectivity index (χ0v) is 20.5. The second-order valence-electron chi connectivity index (χ2n) is 9.94. The highest BCUT2D eigenvalue weighted by Crippen LogP contribution is 2.53. The summed E-state index contributed by atoms with van der Waals surface area (Å²) < 4.78 is 18.2. The van der Waals surface area contributed by atoms with E-state index in [-0.39, 0.29) is 11.8 Å². The lowest BCUT2D eigenvalue weighted by molar-refractivity contribution is 0.0528. The van der Waals surface area contributed by atoms with E-state index in [4.69, 9.17) is 14.2 Å². The van der Waals surface area contributed by atoms with E-state index in [2.05, 4.69) is 79.4 Å². The molecule has 4 heteroatoms. The molecule has 2 aliphatic heterocycles. The zero-order chi connectivity index (χ0) is 23.5. The highest BCUT2D eigenvalue weighted by molar-refractivity contribution is 5.52. The SMILES string of the molecule is COc1ccc2c(c1)OC(C)(C)[C@@H](c1ccccc1)[C@H]2c1ccc(OCCN2CCCC2)cc1. The number of fused-ring (bicyclic) bond motifs is 1. The molecule has 4 nitrogen and oxygen atoms in total. The molecule has 1 saturated heterocycles. The van der Waals surface area contributed by atoms with E-state index >= 15 is 0 Å². The summed E-state index contributed by atoms with van der Waals surface area (Å²) in [6.45, 7) is 8.52. The molecule has 0 bridgehead atoms. The molecule has 1 fully saturated rings. The molecule has 0 aromatic heterocycles. The van der Waals surface area contributed by atoms with Crippen LogP contribution >= 0.6 is 0 Å². The van der Waals surface area contributed by atoms with Gasteiger partial charge in [-0.15, -0.1) is 0 Å². The predicted octanol–water partition coefficient (Wildman–Crippen LogP) is 6.26. The number of benzene rings is 3. The van der Waals surface area contributed by atoms with E-state index in [0.717, 1.165) is 30.4 Å². The van der Waals surface area contributed by atoms with Gasteiger partial charge in [-0.25, -0.2) is 0 Å². The highest BCUT2D eigenvalue weighted by atomic mass is 16.5. The second-order valence-corrected chi connectivity index (χ2v) is 9.94. The summed E-state index contributed by atoms with van der Waals surface area (Å²) in [7, 11) is 1.70. The van der Waals surface area contributed by atoms with Crippen LogP contribution in [-0.4, -0.2) is 43.9 Å². The van der Waals surface area contributed by atoms with Gasteiger partial charge in [-0.1, -0.05) is 48.5 Å². The van der Waals surface area contributed by atoms with E-state index in [1.54, 1.807) is 7.11 Å². The first kappa shape index (κ1) is 22.8. The minimum absolute atomic E-state index is 0.158. The Morgan fingerprint density at radius 1 is 0.882 bits per heavy atom. The molecule has 5 rings (SSSR count). The molecule has 2 heterocycles. The van der Waals surface area contributed by atoms with Gasteiger partial charge in [0.1, 0.15) is 29.5 Å². The molecule has 0 radical (unpaired) electrons. The van der Waals surface area contributed by atoms with Gasteiger partial charge < -0.3 is 14.2 Å². The van der Waals surface area contributed by atoms with Crippen LogP contribution in [0.15, 0.2) is 72.8 Å². The van der Waals surface area contributed by atoms with Crippen LogP contribution in [0.25, 0.3) is 0 Å². The van der Waals surface area contributed by atoms with Crippen molar-refractivity contribution in [2.45, 2.75) is 44.1 Å². The number of methoxy groups -OCH3 is 1. The van der Waals surface area contributed by atoms with Crippen LogP contribution in [0.2, 0.25) is 0 Å². The van der Waals surface area contributed by atoms with Crippen molar-refractivity contribution in [2.24, 2.45) is 0 Å². The first-order chi connectivity index (χ1) is 16.5. The first-order valence-corrected chi connectivity index (χ1v) is 12.4. The summed E-state index contributed by atoms with van der Waals surface area (Å²) >= 11 is 0. The lowest BCUT2D eigenvalue weighted by Gasteiger charge is -2.45. The third-order valence-corrected chi connectivity index (χ3v) is 7.28. The highest BCUT2D eigenvalue weighted by Gasteiger charge is 2.45. The molecule has 34 heavy (non-hydrogen) atoms. The molecule has 2 atom stereocenters. The van der Waals surface area contributed by atoms with Crippen LogP contribution in [0.1, 0.15) is 55.2 Å². The van der Waals surface area contributed by atoms with Crippen molar-refractivity contribution in [1.29, 1.82) is 0 Å². The summed E-state index contributed by atoms with van der Waals surface area (Å²) in [4.78, 5) is 2.48. The van der Waals surface area contributed by atoms with E-state index < -0.39 is 5.60 Å². The number of hydrogen-bond acceptors (Lipinski definition) is 4. The largest absolute Gasteiger partial charge is 0.497 e. The zero-order valence-electron chi connectivity index (χ0n) is 20.5. The third-order valence-electron chi connectivity index (χ3n) is 7.28. The summed E-state index contributed by atoms with van der Waals surface area (Å²) in [5.74, 6) is 2.96. The van der Waals surface area contributed by atoms with Crippen LogP contribution < -0.4 is 14.2 Å². The van der Waals surface area contributed by atoms with Gasteiger partial charge in [0.05, 0.1) is 7.11 Å². The molecule has 0 N–H and O–H groups in total. The van der Waals surface area contributed by atoms with Crippen molar-refractivity contribution in [3.63, 3.8) is 0 Å². The van der Waals surface area contributed by atoms with E-state index in [0.29, 0.717) is 0 Å². The second kappa shape index (κ2) is 9.71. The van der Waals surface area contributed by atoms with Crippen molar-refractivity contribution < 1.29 is 14.2 Å². The van der Waals surface area contributed by atoms with Crippen molar-refractivity contribution in [1.82, 2.24) is 4.90 Å². The minimum Gasteiger partial charge on any atom is -0.497 e. The van der Waals surface area contributed by atoms with Crippen LogP contribution in [0.4, 0.5) is 0 Å². The average Bonchev–Trinajstić information content (AvgIpc) is 3.37. The van der Waals surface area contributed by atoms with Gasteiger partial charge in [-0.2, -0.15) is 0 Å². The molecule has 3 aromatic carbocycles. The van der Waals surface area contributed by atoms with E-state index in [9.17, 15) is 0 Å². The van der Waals surface area contributed by atoms with Crippen molar-refractivity contribution >= 4 is 0 Å². The summed E-state index contributed by atoms with van der Waals surface area (Å²) in [5, 5.41) is 0. The normalized spacial score (nSPS) is 21.5. The van der Waals surface area contributed by atoms with Crippen molar-refractivity contribution in [2.75, 3.05) is 33.4 Å². The molecule has 178 valence electrons. The van der Waals surface area contributed by atoms with Crippen LogP contribution in [0.3, 0.4) is 0 Å². The minimum atomic E-state index is -0.393. The lowest BCUT2D eigenvalue weighted by atomic mass is 9.68. The molecule has 0 unspecified atom stereocenters. The number of hydrogen-bond donors (Lipinski definition) is 0. The maximum absolute atomic E-state index is 6.60. The van der Waals surface area contributed by atoms with Gasteiger partial charge in [-0.05, 0) is 69.1 Å². The Bertz CT molecular complexity index is 1090. The van der Waals surface area contributed by atoms with Crippen molar-refractivity contribution in [3.8, 4) is 17.2 Å². The molecule has 3 aromatic rings. The van der Waals surface area contributed by atoms with Gasteiger partial charge in [0, 0.05) is 30.0 Å². The van der Waals surface area contributed by atoms with Crippen LogP contribution in [0, 0.1) is 0 Å². The monoisotopic (exact) mass is 457 g/mol. The summed E-state index contributed by atoms with van der Waals surface area (Å²) in [6.07, 6.45) is 2.62. The van der Waals surface area contributed by atoms with E-state index in [1.165, 1.54) is 42.6 Å². The van der Waals surface area contributed by atoms with Gasteiger partial charge in [0.2, 0.25) is 0 Å². The van der Waals surface area contributed by atoms with Gasteiger partial charge in [0.15, 0.2) is 0 Å². The number of nitrogens with zero attached hydrogens (tertiary/aromatic N) is 1. The number of rotatable bonds is 7. The Kier molecular flexibility index (Phi) is 6.51. The quantitative estimate of drug-likeness (QED) is 0.419. The Morgan fingerprint density at radius 2 is 1.59 bits per heavy atom. The topological polar surface area (TPSA) is 30.9 Å². The summed E-state index contributed by atoms with van der Waals surface area (Å²) in [6, 6.07) is 25.6. The molecular formula is C30H35NO3. The Morgan fingerprint density at radius 3 is 2.29 bits per heavy atom. The first-order valence-electron chi connectivity index (χ1n) is 12.4. The fourth-order valence-electron chi connectivity index (χ4n) is 5.61. The number of likely N-dealkylation sites (tertiary alicyclic amines) is 1. The smallest absolute Gasteiger partial charge is 0.127 e. The van der Waals surface area contributed by atoms with Crippen LogP contribution in [-0.2, 0) is 0 Å². The Balaban J connectivity index is 1.46. The standard InChI is InChI=1S/C30H35NO3/c1-30(2)29(23-9-5-4-6-10-23)28(26-16-15-25(32-3)21-27(26)34-30)22-11-13-24(14-12-22)33-20-19-31-17-7-8-18-31/h4-6,9-16,21,28-29H,7-8,17-20H2,1-3H3/t28-,29-/m0/s1. The Hall–Kier alpha value is -2.98. The fraction of sp³-hybridized carbons (Fsp3) is 0.400. The fourth-order valence-corrected chi connectivity index (χ4v) is 5.61. The number of ether oxygens (including phenoxy) is 3. The van der Waals surface area contributed by atoms with Crippen LogP contribution in [0.5, 0.6) is 17.2 Å². The van der Waals surface area contributed by atoms with E-state index in [1.807, 2.05) is 12.1 Å². The third kappa shape index (κ3) is 4.65. The molecule has 0 spiro atoms. The predicted molar refractivity (Wildman–Crippen MR) is 136 cm³/mol.